The quantitative estimate of drug-likeness (QED) is 0.518. The van der Waals surface area contributed by atoms with Gasteiger partial charge in [0.25, 0.3) is 5.91 Å². The number of hydrogen-bond donors (Lipinski definition) is 3. The minimum atomic E-state index is -0.755. The number of rotatable bonds is 6. The van der Waals surface area contributed by atoms with E-state index in [1.54, 1.807) is 50.2 Å². The van der Waals surface area contributed by atoms with Gasteiger partial charge in [-0.1, -0.05) is 6.07 Å². The van der Waals surface area contributed by atoms with Crippen molar-refractivity contribution < 1.29 is 18.7 Å². The molecule has 0 unspecified atom stereocenters. The predicted molar refractivity (Wildman–Crippen MR) is 106 cm³/mol. The first-order valence-corrected chi connectivity index (χ1v) is 8.82. The maximum Gasteiger partial charge on any atom is 0.279 e. The van der Waals surface area contributed by atoms with E-state index in [-0.39, 0.29) is 10.9 Å². The highest BCUT2D eigenvalue weighted by molar-refractivity contribution is 7.80. The number of carbonyl (C=O) groups is 1. The second-order valence-electron chi connectivity index (χ2n) is 5.70. The summed E-state index contributed by atoms with van der Waals surface area (Å²) in [5, 5.41) is 2.91. The number of hydrogen-bond acceptors (Lipinski definition) is 4. The van der Waals surface area contributed by atoms with Crippen molar-refractivity contribution in [3.8, 4) is 11.5 Å². The standard InChI is InChI=1S/C19H22FN3O3S/c1-4-25-15-7-9-16(10-8-15)26-13(3)18(24)22-23-19(27)21-14-6-5-12(2)17(20)11-14/h5-11,13H,4H2,1-3H3,(H,22,24)(H2,21,23,27)/t13-/m1/s1. The predicted octanol–water partition coefficient (Wildman–Crippen LogP) is 3.32. The van der Waals surface area contributed by atoms with Crippen LogP contribution in [-0.4, -0.2) is 23.7 Å². The van der Waals surface area contributed by atoms with Crippen LogP contribution in [0.25, 0.3) is 0 Å². The number of ether oxygens (including phenoxy) is 2. The van der Waals surface area contributed by atoms with Crippen LogP contribution in [0.4, 0.5) is 10.1 Å². The summed E-state index contributed by atoms with van der Waals surface area (Å²) in [5.41, 5.74) is 6.01. The zero-order valence-corrected chi connectivity index (χ0v) is 16.2. The van der Waals surface area contributed by atoms with Gasteiger partial charge in [-0.25, -0.2) is 4.39 Å². The van der Waals surface area contributed by atoms with Gasteiger partial charge in [0.1, 0.15) is 17.3 Å². The molecule has 2 aromatic carbocycles. The highest BCUT2D eigenvalue weighted by Gasteiger charge is 2.15. The third-order valence-electron chi connectivity index (χ3n) is 3.55. The van der Waals surface area contributed by atoms with Gasteiger partial charge in [-0.15, -0.1) is 0 Å². The summed E-state index contributed by atoms with van der Waals surface area (Å²) in [6, 6.07) is 11.6. The van der Waals surface area contributed by atoms with E-state index in [1.807, 2.05) is 6.92 Å². The third-order valence-corrected chi connectivity index (χ3v) is 3.75. The van der Waals surface area contributed by atoms with E-state index in [4.69, 9.17) is 21.7 Å². The van der Waals surface area contributed by atoms with E-state index in [0.717, 1.165) is 5.75 Å². The number of nitrogens with one attached hydrogen (secondary N) is 3. The zero-order chi connectivity index (χ0) is 19.8. The fraction of sp³-hybridized carbons (Fsp3) is 0.263. The Morgan fingerprint density at radius 1 is 1.15 bits per heavy atom. The van der Waals surface area contributed by atoms with E-state index in [9.17, 15) is 9.18 Å². The lowest BCUT2D eigenvalue weighted by Gasteiger charge is -2.17. The molecule has 1 atom stereocenters. The molecule has 0 saturated heterocycles. The molecule has 27 heavy (non-hydrogen) atoms. The van der Waals surface area contributed by atoms with Gasteiger partial charge < -0.3 is 14.8 Å². The molecule has 0 bridgehead atoms. The van der Waals surface area contributed by atoms with Crippen molar-refractivity contribution in [2.45, 2.75) is 26.9 Å². The molecule has 6 nitrogen and oxygen atoms in total. The smallest absolute Gasteiger partial charge is 0.279 e. The molecule has 0 fully saturated rings. The normalized spacial score (nSPS) is 11.3. The Kier molecular flexibility index (Phi) is 7.36. The van der Waals surface area contributed by atoms with Crippen molar-refractivity contribution in [1.82, 2.24) is 10.9 Å². The summed E-state index contributed by atoms with van der Waals surface area (Å²) in [4.78, 5) is 12.1. The molecule has 0 heterocycles. The van der Waals surface area contributed by atoms with Gasteiger partial charge in [-0.05, 0) is 75.0 Å². The second kappa shape index (κ2) is 9.72. The van der Waals surface area contributed by atoms with Crippen LogP contribution in [0.2, 0.25) is 0 Å². The number of benzene rings is 2. The van der Waals surface area contributed by atoms with Crippen molar-refractivity contribution in [2.75, 3.05) is 11.9 Å². The van der Waals surface area contributed by atoms with Gasteiger partial charge in [0.05, 0.1) is 6.61 Å². The van der Waals surface area contributed by atoms with E-state index in [0.29, 0.717) is 23.6 Å². The van der Waals surface area contributed by atoms with Crippen molar-refractivity contribution in [3.05, 3.63) is 53.8 Å². The minimum absolute atomic E-state index is 0.125. The molecule has 0 radical (unpaired) electrons. The van der Waals surface area contributed by atoms with Gasteiger partial charge in [0.2, 0.25) is 0 Å². The molecule has 2 rings (SSSR count). The SMILES string of the molecule is CCOc1ccc(O[C@H](C)C(=O)NNC(=S)Nc2ccc(C)c(F)c2)cc1. The van der Waals surface area contributed by atoms with Crippen LogP contribution in [0.1, 0.15) is 19.4 Å². The van der Waals surface area contributed by atoms with Crippen LogP contribution < -0.4 is 25.6 Å². The van der Waals surface area contributed by atoms with Crippen LogP contribution in [0.15, 0.2) is 42.5 Å². The van der Waals surface area contributed by atoms with Crippen LogP contribution in [0.3, 0.4) is 0 Å². The topological polar surface area (TPSA) is 71.6 Å². The largest absolute Gasteiger partial charge is 0.494 e. The summed E-state index contributed by atoms with van der Waals surface area (Å²) in [7, 11) is 0. The fourth-order valence-electron chi connectivity index (χ4n) is 2.09. The first-order valence-electron chi connectivity index (χ1n) is 8.41. The molecular weight excluding hydrogens is 369 g/mol. The molecule has 144 valence electrons. The Morgan fingerprint density at radius 3 is 2.44 bits per heavy atom. The molecule has 0 aliphatic heterocycles. The lowest BCUT2D eigenvalue weighted by Crippen LogP contribution is -2.48. The van der Waals surface area contributed by atoms with Crippen LogP contribution in [-0.2, 0) is 4.79 Å². The maximum atomic E-state index is 13.5. The molecule has 2 aromatic rings. The third kappa shape index (κ3) is 6.41. The molecule has 0 saturated carbocycles. The molecule has 0 aromatic heterocycles. The van der Waals surface area contributed by atoms with Gasteiger partial charge in [0.15, 0.2) is 11.2 Å². The number of halogens is 1. The fourth-order valence-corrected chi connectivity index (χ4v) is 2.26. The monoisotopic (exact) mass is 391 g/mol. The van der Waals surface area contributed by atoms with Gasteiger partial charge in [-0.2, -0.15) is 0 Å². The number of anilines is 1. The van der Waals surface area contributed by atoms with Crippen LogP contribution in [0.5, 0.6) is 11.5 Å². The Hall–Kier alpha value is -2.87. The summed E-state index contributed by atoms with van der Waals surface area (Å²) in [6.07, 6.45) is -0.755. The molecule has 0 aliphatic rings. The number of hydrazine groups is 1. The first-order chi connectivity index (χ1) is 12.9. The molecule has 1 amide bonds. The Balaban J connectivity index is 1.79. The van der Waals surface area contributed by atoms with E-state index < -0.39 is 12.0 Å². The van der Waals surface area contributed by atoms with Crippen molar-refractivity contribution in [3.63, 3.8) is 0 Å². The maximum absolute atomic E-state index is 13.5. The van der Waals surface area contributed by atoms with E-state index in [1.165, 1.54) is 6.07 Å². The van der Waals surface area contributed by atoms with Gasteiger partial charge >= 0.3 is 0 Å². The average Bonchev–Trinajstić information content (AvgIpc) is 2.64. The van der Waals surface area contributed by atoms with Crippen molar-refractivity contribution >= 4 is 28.9 Å². The first kappa shape index (κ1) is 20.4. The summed E-state index contributed by atoms with van der Waals surface area (Å²) in [5.74, 6) is 0.511. The Bertz CT molecular complexity index is 799. The highest BCUT2D eigenvalue weighted by atomic mass is 32.1. The van der Waals surface area contributed by atoms with Crippen molar-refractivity contribution in [1.29, 1.82) is 0 Å². The second-order valence-corrected chi connectivity index (χ2v) is 6.11. The van der Waals surface area contributed by atoms with Crippen LogP contribution >= 0.6 is 12.2 Å². The lowest BCUT2D eigenvalue weighted by atomic mass is 10.2. The number of thiocarbonyl (C=S) groups is 1. The number of aryl methyl sites for hydroxylation is 1. The summed E-state index contributed by atoms with van der Waals surface area (Å²) >= 11 is 5.07. The van der Waals surface area contributed by atoms with E-state index >= 15 is 0 Å². The Labute approximate surface area is 163 Å². The summed E-state index contributed by atoms with van der Waals surface area (Å²) in [6.45, 7) is 5.76. The minimum Gasteiger partial charge on any atom is -0.494 e. The molecule has 0 aliphatic carbocycles. The summed E-state index contributed by atoms with van der Waals surface area (Å²) < 4.78 is 24.4. The molecule has 8 heteroatoms. The van der Waals surface area contributed by atoms with Gasteiger partial charge in [-0.3, -0.25) is 15.6 Å². The molecule has 3 N–H and O–H groups in total. The van der Waals surface area contributed by atoms with Gasteiger partial charge in [0, 0.05) is 5.69 Å². The van der Waals surface area contributed by atoms with Crippen LogP contribution in [0, 0.1) is 12.7 Å². The average molecular weight is 391 g/mol. The highest BCUT2D eigenvalue weighted by Crippen LogP contribution is 2.18. The lowest BCUT2D eigenvalue weighted by molar-refractivity contribution is -0.127. The van der Waals surface area contributed by atoms with Crippen molar-refractivity contribution in [2.24, 2.45) is 0 Å². The zero-order valence-electron chi connectivity index (χ0n) is 15.3. The Morgan fingerprint density at radius 2 is 1.81 bits per heavy atom. The number of amides is 1. The number of carbonyl (C=O) groups excluding carboxylic acids is 1. The molecule has 0 spiro atoms. The van der Waals surface area contributed by atoms with E-state index in [2.05, 4.69) is 16.2 Å². The molecular formula is C19H22FN3O3S.